The summed E-state index contributed by atoms with van der Waals surface area (Å²) in [6, 6.07) is 17.8. The summed E-state index contributed by atoms with van der Waals surface area (Å²) in [5.41, 5.74) is 2.78. The molecule has 0 saturated carbocycles. The van der Waals surface area contributed by atoms with Gasteiger partial charge in [-0.2, -0.15) is 0 Å². The lowest BCUT2D eigenvalue weighted by molar-refractivity contribution is -0.139. The summed E-state index contributed by atoms with van der Waals surface area (Å²) in [5.74, 6) is 0.575. The molecule has 0 heterocycles. The van der Waals surface area contributed by atoms with Crippen LogP contribution in [0, 0.1) is 0 Å². The summed E-state index contributed by atoms with van der Waals surface area (Å²) in [5, 5.41) is 0. The standard InChI is InChI=1S/C21H24O3/c1-3-14-23-21(22)19(4-2)15-17-10-12-20(13-11-17)24-16-18-8-6-5-7-9-18/h5-13,15H,3-4,14,16H2,1-2H3. The molecule has 0 aromatic heterocycles. The van der Waals surface area contributed by atoms with Crippen LogP contribution in [0.5, 0.6) is 5.75 Å². The third-order valence-corrected chi connectivity index (χ3v) is 3.55. The SMILES string of the molecule is CCCOC(=O)C(=Cc1ccc(OCc2ccccc2)cc1)CC. The highest BCUT2D eigenvalue weighted by atomic mass is 16.5. The Bertz CT molecular complexity index is 657. The van der Waals surface area contributed by atoms with Gasteiger partial charge in [0.2, 0.25) is 0 Å². The van der Waals surface area contributed by atoms with Gasteiger partial charge in [0.05, 0.1) is 6.61 Å². The third kappa shape index (κ3) is 5.58. The van der Waals surface area contributed by atoms with Crippen LogP contribution in [0.15, 0.2) is 60.2 Å². The maximum absolute atomic E-state index is 11.9. The Morgan fingerprint density at radius 3 is 2.33 bits per heavy atom. The van der Waals surface area contributed by atoms with Crippen LogP contribution in [-0.2, 0) is 16.1 Å². The first-order valence-electron chi connectivity index (χ1n) is 8.37. The second-order valence-corrected chi connectivity index (χ2v) is 5.50. The van der Waals surface area contributed by atoms with Crippen LogP contribution >= 0.6 is 0 Å². The summed E-state index contributed by atoms with van der Waals surface area (Å²) >= 11 is 0. The monoisotopic (exact) mass is 324 g/mol. The molecule has 2 aromatic carbocycles. The number of esters is 1. The third-order valence-electron chi connectivity index (χ3n) is 3.55. The van der Waals surface area contributed by atoms with Crippen LogP contribution in [0.4, 0.5) is 0 Å². The molecular formula is C21H24O3. The fourth-order valence-corrected chi connectivity index (χ4v) is 2.20. The minimum atomic E-state index is -0.233. The zero-order valence-corrected chi connectivity index (χ0v) is 14.3. The van der Waals surface area contributed by atoms with E-state index in [4.69, 9.17) is 9.47 Å². The largest absolute Gasteiger partial charge is 0.489 e. The van der Waals surface area contributed by atoms with Gasteiger partial charge in [-0.25, -0.2) is 4.79 Å². The fourth-order valence-electron chi connectivity index (χ4n) is 2.20. The van der Waals surface area contributed by atoms with Gasteiger partial charge in [-0.1, -0.05) is 56.3 Å². The lowest BCUT2D eigenvalue weighted by atomic mass is 10.1. The zero-order valence-electron chi connectivity index (χ0n) is 14.3. The Kier molecular flexibility index (Phi) is 7.09. The van der Waals surface area contributed by atoms with E-state index in [1.807, 2.05) is 74.5 Å². The molecule has 0 aliphatic rings. The predicted octanol–water partition coefficient (Wildman–Crippen LogP) is 5.01. The number of carbonyl (C=O) groups is 1. The molecule has 0 saturated heterocycles. The maximum Gasteiger partial charge on any atom is 0.334 e. The quantitative estimate of drug-likeness (QED) is 0.505. The second-order valence-electron chi connectivity index (χ2n) is 5.50. The minimum Gasteiger partial charge on any atom is -0.489 e. The molecule has 0 N–H and O–H groups in total. The van der Waals surface area contributed by atoms with Crippen LogP contribution in [0.25, 0.3) is 6.08 Å². The lowest BCUT2D eigenvalue weighted by Crippen LogP contribution is -2.08. The van der Waals surface area contributed by atoms with Gasteiger partial charge in [-0.15, -0.1) is 0 Å². The Morgan fingerprint density at radius 2 is 1.71 bits per heavy atom. The van der Waals surface area contributed by atoms with E-state index in [0.717, 1.165) is 23.3 Å². The molecule has 0 aliphatic heterocycles. The van der Waals surface area contributed by atoms with Gasteiger partial charge in [0.15, 0.2) is 0 Å². The normalized spacial score (nSPS) is 11.2. The average Bonchev–Trinajstić information content (AvgIpc) is 2.64. The molecule has 24 heavy (non-hydrogen) atoms. The summed E-state index contributed by atoms with van der Waals surface area (Å²) < 4.78 is 11.0. The second kappa shape index (κ2) is 9.56. The van der Waals surface area contributed by atoms with Crippen molar-refractivity contribution in [2.75, 3.05) is 6.61 Å². The zero-order chi connectivity index (χ0) is 17.2. The lowest BCUT2D eigenvalue weighted by Gasteiger charge is -2.08. The van der Waals surface area contributed by atoms with Crippen LogP contribution in [-0.4, -0.2) is 12.6 Å². The number of benzene rings is 2. The minimum absolute atomic E-state index is 0.233. The topological polar surface area (TPSA) is 35.5 Å². The van der Waals surface area contributed by atoms with Crippen molar-refractivity contribution in [1.29, 1.82) is 0 Å². The van der Waals surface area contributed by atoms with E-state index in [9.17, 15) is 4.79 Å². The van der Waals surface area contributed by atoms with E-state index < -0.39 is 0 Å². The molecule has 0 unspecified atom stereocenters. The van der Waals surface area contributed by atoms with Crippen molar-refractivity contribution in [3.05, 3.63) is 71.3 Å². The van der Waals surface area contributed by atoms with Crippen molar-refractivity contribution in [2.45, 2.75) is 33.3 Å². The number of rotatable bonds is 8. The number of ether oxygens (including phenoxy) is 2. The highest BCUT2D eigenvalue weighted by Gasteiger charge is 2.08. The van der Waals surface area contributed by atoms with Gasteiger partial charge in [-0.05, 0) is 42.2 Å². The molecule has 0 fully saturated rings. The van der Waals surface area contributed by atoms with Gasteiger partial charge < -0.3 is 9.47 Å². The molecule has 3 nitrogen and oxygen atoms in total. The number of carbonyl (C=O) groups excluding carboxylic acids is 1. The summed E-state index contributed by atoms with van der Waals surface area (Å²) in [6.45, 7) is 4.94. The molecule has 0 atom stereocenters. The Labute approximate surface area is 143 Å². The van der Waals surface area contributed by atoms with E-state index in [0.29, 0.717) is 25.2 Å². The Balaban J connectivity index is 1.97. The number of hydrogen-bond acceptors (Lipinski definition) is 3. The first-order chi connectivity index (χ1) is 11.7. The fraction of sp³-hybridized carbons (Fsp3) is 0.286. The van der Waals surface area contributed by atoms with Crippen molar-refractivity contribution in [2.24, 2.45) is 0 Å². The molecule has 3 heteroatoms. The van der Waals surface area contributed by atoms with Gasteiger partial charge in [-0.3, -0.25) is 0 Å². The molecule has 2 rings (SSSR count). The van der Waals surface area contributed by atoms with Crippen molar-refractivity contribution in [3.63, 3.8) is 0 Å². The first kappa shape index (κ1) is 17.8. The predicted molar refractivity (Wildman–Crippen MR) is 96.7 cm³/mol. The van der Waals surface area contributed by atoms with Crippen molar-refractivity contribution < 1.29 is 14.3 Å². The van der Waals surface area contributed by atoms with Crippen LogP contribution in [0.2, 0.25) is 0 Å². The van der Waals surface area contributed by atoms with Crippen molar-refractivity contribution in [3.8, 4) is 5.75 Å². The van der Waals surface area contributed by atoms with Crippen LogP contribution < -0.4 is 4.74 Å². The summed E-state index contributed by atoms with van der Waals surface area (Å²) in [4.78, 5) is 11.9. The molecule has 0 spiro atoms. The molecule has 0 bridgehead atoms. The van der Waals surface area contributed by atoms with Gasteiger partial charge in [0.1, 0.15) is 12.4 Å². The van der Waals surface area contributed by atoms with Crippen LogP contribution in [0.1, 0.15) is 37.8 Å². The van der Waals surface area contributed by atoms with Crippen molar-refractivity contribution >= 4 is 12.0 Å². The summed E-state index contributed by atoms with van der Waals surface area (Å²) in [6.07, 6.45) is 3.35. The first-order valence-corrected chi connectivity index (χ1v) is 8.37. The van der Waals surface area contributed by atoms with Gasteiger partial charge in [0, 0.05) is 5.57 Å². The smallest absolute Gasteiger partial charge is 0.334 e. The van der Waals surface area contributed by atoms with E-state index in [-0.39, 0.29) is 5.97 Å². The van der Waals surface area contributed by atoms with E-state index >= 15 is 0 Å². The molecule has 0 radical (unpaired) electrons. The molecule has 126 valence electrons. The van der Waals surface area contributed by atoms with E-state index in [1.165, 1.54) is 0 Å². The Hall–Kier alpha value is -2.55. The van der Waals surface area contributed by atoms with Crippen molar-refractivity contribution in [1.82, 2.24) is 0 Å². The maximum atomic E-state index is 11.9. The average molecular weight is 324 g/mol. The highest BCUT2D eigenvalue weighted by molar-refractivity contribution is 5.93. The van der Waals surface area contributed by atoms with Crippen LogP contribution in [0.3, 0.4) is 0 Å². The van der Waals surface area contributed by atoms with Gasteiger partial charge >= 0.3 is 5.97 Å². The molecular weight excluding hydrogens is 300 g/mol. The summed E-state index contributed by atoms with van der Waals surface area (Å²) in [7, 11) is 0. The van der Waals surface area contributed by atoms with E-state index in [1.54, 1.807) is 0 Å². The van der Waals surface area contributed by atoms with Gasteiger partial charge in [0.25, 0.3) is 0 Å². The Morgan fingerprint density at radius 1 is 1.00 bits per heavy atom. The molecule has 0 aliphatic carbocycles. The molecule has 0 amide bonds. The number of hydrogen-bond donors (Lipinski definition) is 0. The molecule has 2 aromatic rings. The highest BCUT2D eigenvalue weighted by Crippen LogP contribution is 2.17. The van der Waals surface area contributed by atoms with E-state index in [2.05, 4.69) is 0 Å².